The highest BCUT2D eigenvalue weighted by molar-refractivity contribution is 7.13. The maximum Gasteiger partial charge on any atom is 0.357 e. The number of rotatable bonds is 6. The normalized spacial score (nSPS) is 10.8. The lowest BCUT2D eigenvalue weighted by molar-refractivity contribution is 0.0428. The highest BCUT2D eigenvalue weighted by Gasteiger charge is 2.20. The Hall–Kier alpha value is -4.04. The van der Waals surface area contributed by atoms with Crippen LogP contribution in [-0.2, 0) is 11.3 Å². The number of thiophene rings is 1. The van der Waals surface area contributed by atoms with E-state index in [1.807, 2.05) is 78.2 Å². The maximum absolute atomic E-state index is 12.9. The average Bonchev–Trinajstić information content (AvgIpc) is 3.59. The van der Waals surface area contributed by atoms with E-state index >= 15 is 0 Å². The van der Waals surface area contributed by atoms with Crippen molar-refractivity contribution in [2.75, 3.05) is 0 Å². The molecule has 0 atom stereocenters. The van der Waals surface area contributed by atoms with Crippen LogP contribution in [0.2, 0.25) is 0 Å². The molecule has 2 aromatic carbocycles. The smallest absolute Gasteiger partial charge is 0.357 e. The zero-order chi connectivity index (χ0) is 21.0. The van der Waals surface area contributed by atoms with Crippen LogP contribution in [0.25, 0.3) is 27.7 Å². The van der Waals surface area contributed by atoms with Crippen LogP contribution in [0.1, 0.15) is 16.4 Å². The van der Waals surface area contributed by atoms with Gasteiger partial charge in [0.1, 0.15) is 0 Å². The molecule has 0 fully saturated rings. The second kappa shape index (κ2) is 8.37. The van der Waals surface area contributed by atoms with Gasteiger partial charge in [-0.1, -0.05) is 54.6 Å². The van der Waals surface area contributed by atoms with Gasteiger partial charge in [-0.2, -0.15) is 5.10 Å². The largest absolute Gasteiger partial charge is 0.451 e. The van der Waals surface area contributed by atoms with Crippen molar-refractivity contribution in [2.24, 2.45) is 0 Å². The van der Waals surface area contributed by atoms with Gasteiger partial charge in [0.2, 0.25) is 0 Å². The minimum absolute atomic E-state index is 0.127. The summed E-state index contributed by atoms with van der Waals surface area (Å²) in [5, 5.41) is 14.5. The van der Waals surface area contributed by atoms with E-state index in [9.17, 15) is 4.79 Å². The molecule has 0 saturated carbocycles. The molecule has 0 saturated heterocycles. The van der Waals surface area contributed by atoms with Crippen LogP contribution in [-0.4, -0.2) is 25.9 Å². The number of hydrogen-bond acceptors (Lipinski definition) is 7. The van der Waals surface area contributed by atoms with Crippen LogP contribution < -0.4 is 0 Å². The number of carbonyl (C=O) groups is 1. The molecular weight excluding hydrogens is 412 g/mol. The van der Waals surface area contributed by atoms with E-state index in [1.165, 1.54) is 11.3 Å². The fraction of sp³-hybridized carbons (Fsp3) is 0.0435. The van der Waals surface area contributed by atoms with Gasteiger partial charge < -0.3 is 9.15 Å². The number of esters is 1. The monoisotopic (exact) mass is 428 g/mol. The molecule has 0 aliphatic heterocycles. The van der Waals surface area contributed by atoms with Crippen molar-refractivity contribution in [1.29, 1.82) is 0 Å². The third-order valence-corrected chi connectivity index (χ3v) is 5.37. The van der Waals surface area contributed by atoms with E-state index < -0.39 is 5.97 Å². The van der Waals surface area contributed by atoms with Crippen molar-refractivity contribution in [3.63, 3.8) is 0 Å². The summed E-state index contributed by atoms with van der Waals surface area (Å²) in [5.74, 6) is 0.0990. The number of ether oxygens (including phenoxy) is 1. The molecule has 5 aromatic rings. The van der Waals surface area contributed by atoms with E-state index in [-0.39, 0.29) is 12.5 Å². The Morgan fingerprint density at radius 3 is 2.48 bits per heavy atom. The van der Waals surface area contributed by atoms with Crippen molar-refractivity contribution < 1.29 is 13.9 Å². The molecule has 0 N–H and O–H groups in total. The van der Waals surface area contributed by atoms with E-state index in [2.05, 4.69) is 15.3 Å². The molecular formula is C23H16N4O3S. The molecule has 152 valence electrons. The van der Waals surface area contributed by atoms with Crippen LogP contribution in [0, 0.1) is 0 Å². The van der Waals surface area contributed by atoms with Crippen LogP contribution in [0.3, 0.4) is 0 Å². The van der Waals surface area contributed by atoms with Crippen molar-refractivity contribution >= 4 is 17.3 Å². The molecule has 0 amide bonds. The van der Waals surface area contributed by atoms with Gasteiger partial charge in [-0.05, 0) is 29.6 Å². The molecule has 0 spiro atoms. The number of hydrogen-bond donors (Lipinski definition) is 0. The van der Waals surface area contributed by atoms with Crippen molar-refractivity contribution in [1.82, 2.24) is 20.0 Å². The summed E-state index contributed by atoms with van der Waals surface area (Å²) >= 11 is 1.50. The molecule has 0 aliphatic rings. The van der Waals surface area contributed by atoms with Gasteiger partial charge in [-0.25, -0.2) is 9.48 Å². The van der Waals surface area contributed by atoms with Crippen LogP contribution in [0.5, 0.6) is 0 Å². The van der Waals surface area contributed by atoms with Gasteiger partial charge in [-0.15, -0.1) is 21.5 Å². The summed E-state index contributed by atoms with van der Waals surface area (Å²) in [6.45, 7) is -0.127. The lowest BCUT2D eigenvalue weighted by atomic mass is 10.1. The predicted molar refractivity (Wildman–Crippen MR) is 116 cm³/mol. The van der Waals surface area contributed by atoms with Gasteiger partial charge in [0, 0.05) is 5.56 Å². The maximum atomic E-state index is 12.9. The fourth-order valence-electron chi connectivity index (χ4n) is 3.06. The molecule has 0 bridgehead atoms. The quantitative estimate of drug-likeness (QED) is 0.354. The molecule has 3 aromatic heterocycles. The average molecular weight is 428 g/mol. The summed E-state index contributed by atoms with van der Waals surface area (Å²) in [6, 6.07) is 24.6. The van der Waals surface area contributed by atoms with E-state index in [4.69, 9.17) is 9.15 Å². The second-order valence-corrected chi connectivity index (χ2v) is 7.53. The van der Waals surface area contributed by atoms with Crippen LogP contribution in [0.15, 0.2) is 88.7 Å². The molecule has 0 aliphatic carbocycles. The Labute approximate surface area is 181 Å². The first-order valence-electron chi connectivity index (χ1n) is 9.52. The third-order valence-electron chi connectivity index (χ3n) is 4.51. The van der Waals surface area contributed by atoms with Crippen LogP contribution in [0.4, 0.5) is 0 Å². The second-order valence-electron chi connectivity index (χ2n) is 6.58. The van der Waals surface area contributed by atoms with Crippen molar-refractivity contribution in [2.45, 2.75) is 6.61 Å². The van der Waals surface area contributed by atoms with Gasteiger partial charge in [0.15, 0.2) is 12.3 Å². The molecule has 8 heteroatoms. The molecule has 31 heavy (non-hydrogen) atoms. The molecule has 0 unspecified atom stereocenters. The Kier molecular flexibility index (Phi) is 5.12. The van der Waals surface area contributed by atoms with E-state index in [0.717, 1.165) is 16.1 Å². The van der Waals surface area contributed by atoms with Crippen LogP contribution >= 0.6 is 11.3 Å². The van der Waals surface area contributed by atoms with Gasteiger partial charge in [0.05, 0.1) is 16.3 Å². The number of nitrogens with zero attached hydrogens (tertiary/aromatic N) is 4. The van der Waals surface area contributed by atoms with Crippen molar-refractivity contribution in [3.05, 3.63) is 95.8 Å². The molecule has 0 radical (unpaired) electrons. The Morgan fingerprint density at radius 2 is 1.74 bits per heavy atom. The summed E-state index contributed by atoms with van der Waals surface area (Å²) < 4.78 is 12.6. The predicted octanol–water partition coefficient (Wildman–Crippen LogP) is 5.01. The van der Waals surface area contributed by atoms with E-state index in [0.29, 0.717) is 17.3 Å². The number of carbonyl (C=O) groups excluding carboxylic acids is 1. The molecule has 3 heterocycles. The van der Waals surface area contributed by atoms with Gasteiger partial charge >= 0.3 is 5.97 Å². The summed E-state index contributed by atoms with van der Waals surface area (Å²) in [7, 11) is 0. The zero-order valence-electron chi connectivity index (χ0n) is 16.2. The topological polar surface area (TPSA) is 83.0 Å². The Morgan fingerprint density at radius 1 is 0.968 bits per heavy atom. The Bertz CT molecular complexity index is 1300. The third kappa shape index (κ3) is 4.01. The summed E-state index contributed by atoms with van der Waals surface area (Å²) in [6.07, 6.45) is 0. The van der Waals surface area contributed by atoms with Gasteiger partial charge in [0.25, 0.3) is 11.8 Å². The fourth-order valence-corrected chi connectivity index (χ4v) is 3.70. The SMILES string of the molecule is O=C(OCc1nnc(-c2cccs2)o1)c1cc(-c2ccccc2)nn1-c1ccccc1. The highest BCUT2D eigenvalue weighted by Crippen LogP contribution is 2.24. The first-order valence-corrected chi connectivity index (χ1v) is 10.4. The van der Waals surface area contributed by atoms with Crippen molar-refractivity contribution in [3.8, 4) is 27.7 Å². The Balaban J connectivity index is 1.40. The first-order chi connectivity index (χ1) is 15.3. The molecule has 5 rings (SSSR count). The highest BCUT2D eigenvalue weighted by atomic mass is 32.1. The minimum Gasteiger partial charge on any atom is -0.451 e. The zero-order valence-corrected chi connectivity index (χ0v) is 17.0. The summed E-state index contributed by atoms with van der Waals surface area (Å²) in [5.41, 5.74) is 2.65. The lowest BCUT2D eigenvalue weighted by Crippen LogP contribution is -2.12. The van der Waals surface area contributed by atoms with E-state index in [1.54, 1.807) is 10.7 Å². The minimum atomic E-state index is -0.533. The number of benzene rings is 2. The first kappa shape index (κ1) is 19.0. The van der Waals surface area contributed by atoms with Gasteiger partial charge in [-0.3, -0.25) is 0 Å². The number of para-hydroxylation sites is 1. The molecule has 7 nitrogen and oxygen atoms in total. The lowest BCUT2D eigenvalue weighted by Gasteiger charge is -2.06. The summed E-state index contributed by atoms with van der Waals surface area (Å²) in [4.78, 5) is 13.8. The standard InChI is InChI=1S/C23H16N4O3S/c28-23(29-15-21-24-25-22(30-21)20-12-7-13-31-20)19-14-18(16-8-3-1-4-9-16)26-27(19)17-10-5-2-6-11-17/h1-14H,15H2. The number of aromatic nitrogens is 4.